The molecule has 2 unspecified atom stereocenters. The van der Waals surface area contributed by atoms with Crippen LogP contribution in [0, 0.1) is 6.92 Å². The van der Waals surface area contributed by atoms with Gasteiger partial charge >= 0.3 is 0 Å². The summed E-state index contributed by atoms with van der Waals surface area (Å²) in [5.41, 5.74) is 2.70. The normalized spacial score (nSPS) is 30.9. The van der Waals surface area contributed by atoms with Gasteiger partial charge in [0.1, 0.15) is 6.10 Å². The molecule has 0 saturated carbocycles. The average Bonchev–Trinajstić information content (AvgIpc) is 2.59. The molecule has 2 aliphatic rings. The number of hydrogen-bond donors (Lipinski definition) is 1. The van der Waals surface area contributed by atoms with Crippen molar-refractivity contribution in [3.05, 3.63) is 23.5 Å². The van der Waals surface area contributed by atoms with Crippen LogP contribution in [0.15, 0.2) is 12.3 Å². The van der Waals surface area contributed by atoms with Crippen LogP contribution in [0.3, 0.4) is 0 Å². The van der Waals surface area contributed by atoms with E-state index in [0.717, 1.165) is 19.7 Å². The molecule has 0 spiro atoms. The van der Waals surface area contributed by atoms with E-state index in [-0.39, 0.29) is 6.10 Å². The van der Waals surface area contributed by atoms with Crippen molar-refractivity contribution in [1.82, 2.24) is 9.88 Å². The molecule has 3 rings (SSSR count). The van der Waals surface area contributed by atoms with Crippen LogP contribution < -0.4 is 5.32 Å². The zero-order valence-electron chi connectivity index (χ0n) is 8.49. The third-order valence-electron chi connectivity index (χ3n) is 3.21. The molecule has 3 heterocycles. The molecule has 0 amide bonds. The van der Waals surface area contributed by atoms with Crippen molar-refractivity contribution < 1.29 is 4.74 Å². The second-order valence-electron chi connectivity index (χ2n) is 4.28. The quantitative estimate of drug-likeness (QED) is 0.669. The van der Waals surface area contributed by atoms with Gasteiger partial charge in [-0.05, 0) is 25.0 Å². The van der Waals surface area contributed by atoms with E-state index in [9.17, 15) is 0 Å². The van der Waals surface area contributed by atoms with Crippen molar-refractivity contribution >= 4 is 0 Å². The molecule has 0 aromatic carbocycles. The Balaban J connectivity index is 1.98. The maximum atomic E-state index is 5.84. The molecule has 1 aromatic heterocycles. The molecule has 3 nitrogen and oxygen atoms in total. The first-order valence-electron chi connectivity index (χ1n) is 5.36. The van der Waals surface area contributed by atoms with Crippen LogP contribution in [0.2, 0.25) is 0 Å². The molecule has 0 aliphatic carbocycles. The van der Waals surface area contributed by atoms with Crippen molar-refractivity contribution in [2.75, 3.05) is 13.2 Å². The van der Waals surface area contributed by atoms with Gasteiger partial charge in [0.15, 0.2) is 0 Å². The molecule has 1 aromatic rings. The summed E-state index contributed by atoms with van der Waals surface area (Å²) in [7, 11) is 0. The number of nitrogens with one attached hydrogen (secondary N) is 1. The number of rotatable bonds is 0. The van der Waals surface area contributed by atoms with Gasteiger partial charge in [0.25, 0.3) is 0 Å². The maximum Gasteiger partial charge on any atom is 0.113 e. The van der Waals surface area contributed by atoms with Crippen molar-refractivity contribution in [1.29, 1.82) is 0 Å². The topological polar surface area (TPSA) is 26.2 Å². The minimum absolute atomic E-state index is 0.284. The molecular weight excluding hydrogens is 176 g/mol. The van der Waals surface area contributed by atoms with Gasteiger partial charge in [0.2, 0.25) is 0 Å². The van der Waals surface area contributed by atoms with Crippen LogP contribution in [0.5, 0.6) is 0 Å². The van der Waals surface area contributed by atoms with Gasteiger partial charge in [0, 0.05) is 31.0 Å². The van der Waals surface area contributed by atoms with Crippen molar-refractivity contribution in [2.45, 2.75) is 32.0 Å². The fourth-order valence-electron chi connectivity index (χ4n) is 2.59. The molecule has 1 N–H and O–H groups in total. The van der Waals surface area contributed by atoms with Gasteiger partial charge in [-0.25, -0.2) is 0 Å². The second kappa shape index (κ2) is 3.11. The van der Waals surface area contributed by atoms with Gasteiger partial charge in [-0.2, -0.15) is 0 Å². The SMILES string of the molecule is Cc1cc2n(c1)CCC1NCCOC21. The van der Waals surface area contributed by atoms with E-state index in [1.54, 1.807) is 0 Å². The Hall–Kier alpha value is -0.800. The number of ether oxygens (including phenoxy) is 1. The first-order valence-corrected chi connectivity index (χ1v) is 5.36. The van der Waals surface area contributed by atoms with Crippen LogP contribution in [-0.4, -0.2) is 23.8 Å². The minimum Gasteiger partial charge on any atom is -0.369 e. The molecule has 3 heteroatoms. The molecule has 2 atom stereocenters. The summed E-state index contributed by atoms with van der Waals surface area (Å²) in [6.07, 6.45) is 3.70. The van der Waals surface area contributed by atoms with Crippen LogP contribution in [-0.2, 0) is 11.3 Å². The highest BCUT2D eigenvalue weighted by atomic mass is 16.5. The summed E-state index contributed by atoms with van der Waals surface area (Å²) in [5.74, 6) is 0. The van der Waals surface area contributed by atoms with Crippen molar-refractivity contribution in [2.24, 2.45) is 0 Å². The number of morpholine rings is 1. The molecule has 0 bridgehead atoms. The number of nitrogens with zero attached hydrogens (tertiary/aromatic N) is 1. The minimum atomic E-state index is 0.284. The first-order chi connectivity index (χ1) is 6.84. The number of aromatic nitrogens is 1. The number of hydrogen-bond acceptors (Lipinski definition) is 2. The number of aryl methyl sites for hydroxylation is 2. The van der Waals surface area contributed by atoms with Crippen LogP contribution in [0.4, 0.5) is 0 Å². The standard InChI is InChI=1S/C11H16N2O/c1-8-6-10-11-9(12-3-5-14-11)2-4-13(10)7-8/h6-7,9,11-12H,2-5H2,1H3. The van der Waals surface area contributed by atoms with Gasteiger partial charge in [0.05, 0.1) is 6.61 Å². The maximum absolute atomic E-state index is 5.84. The van der Waals surface area contributed by atoms with Crippen molar-refractivity contribution in [3.8, 4) is 0 Å². The highest BCUT2D eigenvalue weighted by Gasteiger charge is 2.32. The molecule has 1 saturated heterocycles. The Morgan fingerprint density at radius 2 is 2.50 bits per heavy atom. The lowest BCUT2D eigenvalue weighted by Gasteiger charge is -2.37. The smallest absolute Gasteiger partial charge is 0.113 e. The molecule has 1 fully saturated rings. The highest BCUT2D eigenvalue weighted by Crippen LogP contribution is 2.31. The Kier molecular flexibility index (Phi) is 1.89. The van der Waals surface area contributed by atoms with Crippen LogP contribution in [0.25, 0.3) is 0 Å². The van der Waals surface area contributed by atoms with E-state index in [1.165, 1.54) is 17.7 Å². The molecule has 2 aliphatic heterocycles. The summed E-state index contributed by atoms with van der Waals surface area (Å²) in [4.78, 5) is 0. The monoisotopic (exact) mass is 192 g/mol. The Morgan fingerprint density at radius 3 is 3.43 bits per heavy atom. The van der Waals surface area contributed by atoms with Crippen LogP contribution in [0.1, 0.15) is 23.8 Å². The zero-order valence-corrected chi connectivity index (χ0v) is 8.49. The van der Waals surface area contributed by atoms with Gasteiger partial charge in [-0.15, -0.1) is 0 Å². The van der Waals surface area contributed by atoms with Gasteiger partial charge < -0.3 is 14.6 Å². The molecule has 76 valence electrons. The predicted octanol–water partition coefficient (Wildman–Crippen LogP) is 1.23. The highest BCUT2D eigenvalue weighted by molar-refractivity contribution is 5.22. The zero-order chi connectivity index (χ0) is 9.54. The fraction of sp³-hybridized carbons (Fsp3) is 0.636. The summed E-state index contributed by atoms with van der Waals surface area (Å²) >= 11 is 0. The second-order valence-corrected chi connectivity index (χ2v) is 4.28. The Bertz CT molecular complexity index is 345. The van der Waals surface area contributed by atoms with Crippen LogP contribution >= 0.6 is 0 Å². The predicted molar refractivity (Wildman–Crippen MR) is 54.3 cm³/mol. The Morgan fingerprint density at radius 1 is 1.57 bits per heavy atom. The third-order valence-corrected chi connectivity index (χ3v) is 3.21. The average molecular weight is 192 g/mol. The van der Waals surface area contributed by atoms with E-state index in [0.29, 0.717) is 6.04 Å². The van der Waals surface area contributed by atoms with E-state index in [1.807, 2.05) is 0 Å². The lowest BCUT2D eigenvalue weighted by Crippen LogP contribution is -2.46. The van der Waals surface area contributed by atoms with E-state index in [4.69, 9.17) is 4.74 Å². The summed E-state index contributed by atoms with van der Waals surface area (Å²) < 4.78 is 8.18. The molecule has 0 radical (unpaired) electrons. The lowest BCUT2D eigenvalue weighted by molar-refractivity contribution is -0.0219. The largest absolute Gasteiger partial charge is 0.369 e. The van der Waals surface area contributed by atoms with E-state index >= 15 is 0 Å². The molecular formula is C11H16N2O. The van der Waals surface area contributed by atoms with Gasteiger partial charge in [-0.1, -0.05) is 0 Å². The molecule has 14 heavy (non-hydrogen) atoms. The summed E-state index contributed by atoms with van der Waals surface area (Å²) in [6, 6.07) is 2.79. The van der Waals surface area contributed by atoms with E-state index < -0.39 is 0 Å². The Labute approximate surface area is 84.1 Å². The third kappa shape index (κ3) is 1.20. The fourth-order valence-corrected chi connectivity index (χ4v) is 2.59. The van der Waals surface area contributed by atoms with Gasteiger partial charge in [-0.3, -0.25) is 0 Å². The lowest BCUT2D eigenvalue weighted by atomic mass is 9.99. The first kappa shape index (κ1) is 8.50. The summed E-state index contributed by atoms with van der Waals surface area (Å²) in [5, 5.41) is 3.53. The van der Waals surface area contributed by atoms with Crippen molar-refractivity contribution in [3.63, 3.8) is 0 Å². The number of fused-ring (bicyclic) bond motifs is 3. The summed E-state index contributed by atoms with van der Waals surface area (Å²) in [6.45, 7) is 5.11. The van der Waals surface area contributed by atoms with E-state index in [2.05, 4.69) is 29.1 Å².